The molecule has 13 heteroatoms. The van der Waals surface area contributed by atoms with Gasteiger partial charge in [0.15, 0.2) is 0 Å². The predicted octanol–water partition coefficient (Wildman–Crippen LogP) is 4.12. The van der Waals surface area contributed by atoms with Crippen LogP contribution in [0.15, 0.2) is 71.7 Å². The minimum atomic E-state index is -3.57. The van der Waals surface area contributed by atoms with E-state index in [1.165, 1.54) is 10.5 Å². The number of piperazine rings is 1. The molecule has 0 radical (unpaired) electrons. The average Bonchev–Trinajstić information content (AvgIpc) is 3.05. The lowest BCUT2D eigenvalue weighted by atomic mass is 9.88. The van der Waals surface area contributed by atoms with Crippen LogP contribution in [0, 0.1) is 11.6 Å². The number of methoxy groups -OCH3 is 2. The first-order chi connectivity index (χ1) is 22.2. The summed E-state index contributed by atoms with van der Waals surface area (Å²) >= 11 is 0. The van der Waals surface area contributed by atoms with Crippen LogP contribution in [0.1, 0.15) is 23.1 Å². The van der Waals surface area contributed by atoms with Crippen molar-refractivity contribution < 1.29 is 31.4 Å². The van der Waals surface area contributed by atoms with Gasteiger partial charge in [0.2, 0.25) is 15.8 Å². The number of hydrogen-bond donors (Lipinski definition) is 0. The van der Waals surface area contributed by atoms with Crippen molar-refractivity contribution in [1.29, 1.82) is 0 Å². The molecule has 6 rings (SSSR count). The summed E-state index contributed by atoms with van der Waals surface area (Å²) in [4.78, 5) is 15.8. The summed E-state index contributed by atoms with van der Waals surface area (Å²) in [6.45, 7) is 0.951. The Bertz CT molecular complexity index is 1880. The Kier molecular flexibility index (Phi) is 8.96. The summed E-state index contributed by atoms with van der Waals surface area (Å²) in [7, 11) is -0.377. The smallest absolute Gasteiger partial charge is 0.316 e. The van der Waals surface area contributed by atoms with Crippen molar-refractivity contribution in [3.63, 3.8) is 0 Å². The Morgan fingerprint density at radius 2 is 1.54 bits per heavy atom. The second-order valence-electron chi connectivity index (χ2n) is 11.2. The maximum absolute atomic E-state index is 14.1. The molecule has 1 saturated heterocycles. The topological polar surface area (TPSA) is 103 Å². The van der Waals surface area contributed by atoms with Crippen LogP contribution in [-0.4, -0.2) is 69.0 Å². The van der Waals surface area contributed by atoms with Gasteiger partial charge in [0.25, 0.3) is 0 Å². The van der Waals surface area contributed by atoms with E-state index in [-0.39, 0.29) is 43.4 Å². The van der Waals surface area contributed by atoms with Gasteiger partial charge >= 0.3 is 5.56 Å². The fraction of sp³-hybridized carbons (Fsp3) is 0.333. The van der Waals surface area contributed by atoms with Crippen LogP contribution in [0.3, 0.4) is 0 Å². The summed E-state index contributed by atoms with van der Waals surface area (Å²) in [5, 5.41) is 4.25. The first-order valence-electron chi connectivity index (χ1n) is 14.9. The number of halogens is 2. The molecule has 0 bridgehead atoms. The lowest BCUT2D eigenvalue weighted by Gasteiger charge is -2.36. The maximum atomic E-state index is 14.1. The third-order valence-corrected chi connectivity index (χ3v) is 10.2. The van der Waals surface area contributed by atoms with Crippen molar-refractivity contribution in [2.45, 2.75) is 31.1 Å². The van der Waals surface area contributed by atoms with Crippen molar-refractivity contribution in [3.05, 3.63) is 106 Å². The number of fused-ring (bicyclic) bond motifs is 1. The molecule has 0 spiro atoms. The quantitative estimate of drug-likeness (QED) is 0.266. The van der Waals surface area contributed by atoms with Gasteiger partial charge in [-0.15, -0.1) is 0 Å². The van der Waals surface area contributed by atoms with E-state index >= 15 is 0 Å². The summed E-state index contributed by atoms with van der Waals surface area (Å²) in [5.74, 6) is -0.424. The molecular formula is C33H34F2N4O6S. The predicted molar refractivity (Wildman–Crippen MR) is 169 cm³/mol. The van der Waals surface area contributed by atoms with Crippen molar-refractivity contribution in [1.82, 2.24) is 14.1 Å². The van der Waals surface area contributed by atoms with Crippen molar-refractivity contribution in [2.24, 2.45) is 0 Å². The number of hydrogen-bond acceptors (Lipinski definition) is 8. The SMILES string of the molecule is COc1ccc(OC)c2c1CCC(Oc1c(N3CCN(S(=O)(=O)Cc4ccccc4)CC3)cnn(-c3cc(F)cc(F)c3)c1=O)C2. The largest absolute Gasteiger partial charge is 0.496 e. The average molecular weight is 653 g/mol. The van der Waals surface area contributed by atoms with Gasteiger partial charge in [0.1, 0.15) is 34.9 Å². The molecule has 1 aliphatic heterocycles. The van der Waals surface area contributed by atoms with Crippen molar-refractivity contribution in [2.75, 3.05) is 45.3 Å². The molecular weight excluding hydrogens is 618 g/mol. The van der Waals surface area contributed by atoms with Gasteiger partial charge in [-0.2, -0.15) is 14.1 Å². The van der Waals surface area contributed by atoms with E-state index in [0.29, 0.717) is 42.3 Å². The van der Waals surface area contributed by atoms with E-state index in [4.69, 9.17) is 14.2 Å². The van der Waals surface area contributed by atoms with Crippen LogP contribution in [0.4, 0.5) is 14.5 Å². The molecule has 1 unspecified atom stereocenters. The second-order valence-corrected chi connectivity index (χ2v) is 13.2. The highest BCUT2D eigenvalue weighted by Gasteiger charge is 2.32. The molecule has 2 aliphatic rings. The highest BCUT2D eigenvalue weighted by molar-refractivity contribution is 7.88. The van der Waals surface area contributed by atoms with Crippen molar-refractivity contribution >= 4 is 15.7 Å². The van der Waals surface area contributed by atoms with E-state index in [9.17, 15) is 22.0 Å². The molecule has 0 amide bonds. The Balaban J connectivity index is 1.31. The Morgan fingerprint density at radius 1 is 0.891 bits per heavy atom. The van der Waals surface area contributed by atoms with Gasteiger partial charge in [-0.25, -0.2) is 17.2 Å². The Labute approximate surface area is 265 Å². The molecule has 1 aliphatic carbocycles. The van der Waals surface area contributed by atoms with Gasteiger partial charge in [-0.1, -0.05) is 30.3 Å². The summed E-state index contributed by atoms with van der Waals surface area (Å²) in [6.07, 6.45) is 2.60. The maximum Gasteiger partial charge on any atom is 0.316 e. The third-order valence-electron chi connectivity index (χ3n) is 8.39. The molecule has 0 saturated carbocycles. The molecule has 0 N–H and O–H groups in total. The van der Waals surface area contributed by atoms with Crippen LogP contribution in [0.5, 0.6) is 17.2 Å². The van der Waals surface area contributed by atoms with E-state index in [1.807, 2.05) is 23.1 Å². The zero-order valence-corrected chi connectivity index (χ0v) is 26.3. The Morgan fingerprint density at radius 3 is 2.20 bits per heavy atom. The molecule has 1 aromatic heterocycles. The van der Waals surface area contributed by atoms with Crippen LogP contribution in [-0.2, 0) is 28.6 Å². The normalized spacial score (nSPS) is 17.0. The lowest BCUT2D eigenvalue weighted by Crippen LogP contribution is -2.49. The molecule has 1 atom stereocenters. The first-order valence-corrected chi connectivity index (χ1v) is 16.5. The molecule has 3 aromatic carbocycles. The molecule has 1 fully saturated rings. The summed E-state index contributed by atoms with van der Waals surface area (Å²) in [6, 6.07) is 15.4. The van der Waals surface area contributed by atoms with E-state index in [0.717, 1.165) is 33.7 Å². The van der Waals surface area contributed by atoms with Gasteiger partial charge in [0.05, 0.1) is 31.9 Å². The summed E-state index contributed by atoms with van der Waals surface area (Å²) < 4.78 is 74.6. The number of nitrogens with zero attached hydrogens (tertiary/aromatic N) is 4. The molecule has 2 heterocycles. The first kappa shape index (κ1) is 31.5. The fourth-order valence-electron chi connectivity index (χ4n) is 6.13. The zero-order chi connectivity index (χ0) is 32.4. The van der Waals surface area contributed by atoms with Crippen molar-refractivity contribution in [3.8, 4) is 22.9 Å². The molecule has 46 heavy (non-hydrogen) atoms. The molecule has 10 nitrogen and oxygen atoms in total. The third kappa shape index (κ3) is 6.42. The molecule has 242 valence electrons. The van der Waals surface area contributed by atoms with Crippen LogP contribution < -0.4 is 24.7 Å². The van der Waals surface area contributed by atoms with Gasteiger partial charge < -0.3 is 19.1 Å². The van der Waals surface area contributed by atoms with Crippen LogP contribution in [0.2, 0.25) is 0 Å². The molecule has 4 aromatic rings. The monoisotopic (exact) mass is 652 g/mol. The Hall–Kier alpha value is -4.49. The second kappa shape index (κ2) is 13.1. The number of anilines is 1. The van der Waals surface area contributed by atoms with Crippen LogP contribution >= 0.6 is 0 Å². The minimum absolute atomic E-state index is 0.0319. The van der Waals surface area contributed by atoms with Gasteiger partial charge in [0, 0.05) is 49.8 Å². The van der Waals surface area contributed by atoms with Gasteiger partial charge in [-0.05, 0) is 42.7 Å². The highest BCUT2D eigenvalue weighted by Crippen LogP contribution is 2.38. The fourth-order valence-corrected chi connectivity index (χ4v) is 7.64. The minimum Gasteiger partial charge on any atom is -0.496 e. The van der Waals surface area contributed by atoms with Crippen LogP contribution in [0.25, 0.3) is 5.69 Å². The number of sulfonamides is 1. The number of ether oxygens (including phenoxy) is 3. The van der Waals surface area contributed by atoms with E-state index < -0.39 is 33.3 Å². The summed E-state index contributed by atoms with van der Waals surface area (Å²) in [5.41, 5.74) is 2.23. The zero-order valence-electron chi connectivity index (χ0n) is 25.5. The standard InChI is InChI=1S/C33H34F2N4O6S/c1-43-30-10-11-31(44-2)28-19-26(8-9-27(28)30)45-32-29(20-36-39(33(32)40)25-17-23(34)16-24(35)18-25)37-12-14-38(15-13-37)46(41,42)21-22-6-4-3-5-7-22/h3-7,10-11,16-18,20,26H,8-9,12-15,19,21H2,1-2H3. The lowest BCUT2D eigenvalue weighted by molar-refractivity contribution is 0.178. The number of rotatable bonds is 9. The highest BCUT2D eigenvalue weighted by atomic mass is 32.2. The van der Waals surface area contributed by atoms with E-state index in [2.05, 4.69) is 5.10 Å². The number of benzene rings is 3. The van der Waals surface area contributed by atoms with E-state index in [1.54, 1.807) is 38.5 Å². The number of aromatic nitrogens is 2. The van der Waals surface area contributed by atoms with Gasteiger partial charge in [-0.3, -0.25) is 4.79 Å².